The van der Waals surface area contributed by atoms with Crippen molar-refractivity contribution in [3.63, 3.8) is 0 Å². The summed E-state index contributed by atoms with van der Waals surface area (Å²) < 4.78 is 18.9. The second-order valence-corrected chi connectivity index (χ2v) is 5.26. The first kappa shape index (κ1) is 11.6. The normalized spacial score (nSPS) is 22.4. The third kappa shape index (κ3) is 2.00. The lowest BCUT2D eigenvalue weighted by Crippen LogP contribution is -2.19. The van der Waals surface area contributed by atoms with Crippen LogP contribution < -0.4 is 4.74 Å². The zero-order valence-corrected chi connectivity index (χ0v) is 10.6. The van der Waals surface area contributed by atoms with Gasteiger partial charge in [0.25, 0.3) is 0 Å². The molecule has 1 aliphatic rings. The van der Waals surface area contributed by atoms with Crippen molar-refractivity contribution >= 4 is 11.3 Å². The summed E-state index contributed by atoms with van der Waals surface area (Å²) in [4.78, 5) is 4.37. The minimum atomic E-state index is -0.710. The first-order valence-electron chi connectivity index (χ1n) is 5.69. The third-order valence-electron chi connectivity index (χ3n) is 2.95. The highest BCUT2D eigenvalue weighted by molar-refractivity contribution is 7.09. The van der Waals surface area contributed by atoms with Gasteiger partial charge in [0, 0.05) is 23.1 Å². The fourth-order valence-electron chi connectivity index (χ4n) is 2.09. The van der Waals surface area contributed by atoms with E-state index in [1.54, 1.807) is 6.07 Å². The van der Waals surface area contributed by atoms with E-state index in [4.69, 9.17) is 4.74 Å². The molecule has 3 nitrogen and oxygen atoms in total. The van der Waals surface area contributed by atoms with Crippen LogP contribution in [0.4, 0.5) is 4.39 Å². The summed E-state index contributed by atoms with van der Waals surface area (Å²) in [5, 5.41) is 12.9. The van der Waals surface area contributed by atoms with Gasteiger partial charge in [0.15, 0.2) is 6.10 Å². The van der Waals surface area contributed by atoms with Crippen LogP contribution in [0.3, 0.4) is 0 Å². The number of nitrogens with zero attached hydrogens (tertiary/aromatic N) is 1. The lowest BCUT2D eigenvalue weighted by atomic mass is 9.99. The van der Waals surface area contributed by atoms with E-state index < -0.39 is 6.10 Å². The summed E-state index contributed by atoms with van der Waals surface area (Å²) in [7, 11) is 0. The standard InChI is InChI=1S/C13H12FNO2S/c1-7-6-18-13(15-7)12-5-10(16)9-4-8(14)2-3-11(9)17-12/h2-4,6,10,12,16H,5H2,1H3/t10-,12?/m1/s1. The van der Waals surface area contributed by atoms with Crippen molar-refractivity contribution in [2.45, 2.75) is 25.6 Å². The molecule has 1 aromatic heterocycles. The van der Waals surface area contributed by atoms with E-state index in [0.717, 1.165) is 10.7 Å². The molecule has 1 N–H and O–H groups in total. The molecule has 18 heavy (non-hydrogen) atoms. The predicted molar refractivity (Wildman–Crippen MR) is 66.2 cm³/mol. The number of aliphatic hydroxyl groups excluding tert-OH is 1. The van der Waals surface area contributed by atoms with Crippen LogP contribution in [0.5, 0.6) is 5.75 Å². The van der Waals surface area contributed by atoms with Crippen molar-refractivity contribution in [3.05, 3.63) is 45.7 Å². The van der Waals surface area contributed by atoms with Gasteiger partial charge in [-0.1, -0.05) is 0 Å². The van der Waals surface area contributed by atoms with E-state index in [1.807, 2.05) is 12.3 Å². The monoisotopic (exact) mass is 265 g/mol. The maximum atomic E-state index is 13.1. The van der Waals surface area contributed by atoms with Crippen molar-refractivity contribution in [1.82, 2.24) is 4.98 Å². The van der Waals surface area contributed by atoms with Crippen LogP contribution in [-0.2, 0) is 0 Å². The Balaban J connectivity index is 1.94. The van der Waals surface area contributed by atoms with Crippen molar-refractivity contribution < 1.29 is 14.2 Å². The molecule has 0 spiro atoms. The van der Waals surface area contributed by atoms with Crippen LogP contribution in [0.2, 0.25) is 0 Å². The Morgan fingerprint density at radius 2 is 2.33 bits per heavy atom. The van der Waals surface area contributed by atoms with Gasteiger partial charge in [0.2, 0.25) is 0 Å². The number of halogens is 1. The smallest absolute Gasteiger partial charge is 0.153 e. The third-order valence-corrected chi connectivity index (χ3v) is 4.00. The SMILES string of the molecule is Cc1csc(C2C[C@@H](O)c3cc(F)ccc3O2)n1. The molecule has 2 atom stereocenters. The summed E-state index contributed by atoms with van der Waals surface area (Å²) in [6, 6.07) is 4.21. The van der Waals surface area contributed by atoms with E-state index in [-0.39, 0.29) is 11.9 Å². The lowest BCUT2D eigenvalue weighted by molar-refractivity contribution is 0.0651. The molecule has 94 valence electrons. The van der Waals surface area contributed by atoms with Gasteiger partial charge >= 0.3 is 0 Å². The lowest BCUT2D eigenvalue weighted by Gasteiger charge is -2.28. The fraction of sp³-hybridized carbons (Fsp3) is 0.308. The largest absolute Gasteiger partial charge is 0.483 e. The maximum absolute atomic E-state index is 13.1. The van der Waals surface area contributed by atoms with Crippen molar-refractivity contribution in [1.29, 1.82) is 0 Å². The predicted octanol–water partition coefficient (Wildman–Crippen LogP) is 3.15. The van der Waals surface area contributed by atoms with Crippen LogP contribution >= 0.6 is 11.3 Å². The summed E-state index contributed by atoms with van der Waals surface area (Å²) in [5.41, 5.74) is 1.46. The maximum Gasteiger partial charge on any atom is 0.153 e. The van der Waals surface area contributed by atoms with Gasteiger partial charge in [-0.15, -0.1) is 11.3 Å². The second kappa shape index (κ2) is 4.33. The zero-order valence-electron chi connectivity index (χ0n) is 9.76. The highest BCUT2D eigenvalue weighted by Gasteiger charge is 2.30. The highest BCUT2D eigenvalue weighted by atomic mass is 32.1. The van der Waals surface area contributed by atoms with Gasteiger partial charge < -0.3 is 9.84 Å². The molecule has 0 aliphatic carbocycles. The first-order chi connectivity index (χ1) is 8.63. The number of hydrogen-bond donors (Lipinski definition) is 1. The molecule has 2 aromatic rings. The quantitative estimate of drug-likeness (QED) is 0.861. The molecule has 0 saturated heterocycles. The number of thiazole rings is 1. The number of fused-ring (bicyclic) bond motifs is 1. The molecule has 5 heteroatoms. The first-order valence-corrected chi connectivity index (χ1v) is 6.57. The van der Waals surface area contributed by atoms with Crippen LogP contribution in [0.15, 0.2) is 23.6 Å². The molecule has 0 fully saturated rings. The zero-order chi connectivity index (χ0) is 12.7. The van der Waals surface area contributed by atoms with Crippen molar-refractivity contribution in [3.8, 4) is 5.75 Å². The van der Waals surface area contributed by atoms with Crippen LogP contribution in [0, 0.1) is 12.7 Å². The minimum absolute atomic E-state index is 0.253. The van der Waals surface area contributed by atoms with Crippen LogP contribution in [-0.4, -0.2) is 10.1 Å². The number of aliphatic hydroxyl groups is 1. The molecular weight excluding hydrogens is 253 g/mol. The van der Waals surface area contributed by atoms with Crippen molar-refractivity contribution in [2.24, 2.45) is 0 Å². The second-order valence-electron chi connectivity index (χ2n) is 4.37. The average molecular weight is 265 g/mol. The Kier molecular flexibility index (Phi) is 2.80. The molecule has 3 rings (SSSR count). The van der Waals surface area contributed by atoms with E-state index >= 15 is 0 Å². The molecule has 0 radical (unpaired) electrons. The number of hydrogen-bond acceptors (Lipinski definition) is 4. The average Bonchev–Trinajstić information content (AvgIpc) is 2.77. The summed E-state index contributed by atoms with van der Waals surface area (Å²) >= 11 is 1.51. The number of ether oxygens (including phenoxy) is 1. The van der Waals surface area contributed by atoms with Gasteiger partial charge in [-0.25, -0.2) is 9.37 Å². The van der Waals surface area contributed by atoms with E-state index in [9.17, 15) is 9.50 Å². The Labute approximate surface area is 108 Å². The van der Waals surface area contributed by atoms with Gasteiger partial charge in [0.1, 0.15) is 16.6 Å². The number of benzene rings is 1. The number of aryl methyl sites for hydroxylation is 1. The Bertz CT molecular complexity index is 584. The van der Waals surface area contributed by atoms with Crippen LogP contribution in [0.1, 0.15) is 34.9 Å². The Morgan fingerprint density at radius 1 is 1.50 bits per heavy atom. The minimum Gasteiger partial charge on any atom is -0.483 e. The summed E-state index contributed by atoms with van der Waals surface area (Å²) in [6.45, 7) is 1.92. The molecular formula is C13H12FNO2S. The van der Waals surface area contributed by atoms with Crippen molar-refractivity contribution in [2.75, 3.05) is 0 Å². The van der Waals surface area contributed by atoms with Gasteiger partial charge in [-0.05, 0) is 25.1 Å². The van der Waals surface area contributed by atoms with Gasteiger partial charge in [-0.2, -0.15) is 0 Å². The van der Waals surface area contributed by atoms with Crippen LogP contribution in [0.25, 0.3) is 0 Å². The van der Waals surface area contributed by atoms with E-state index in [2.05, 4.69) is 4.98 Å². The summed E-state index contributed by atoms with van der Waals surface area (Å²) in [6.07, 6.45) is -0.557. The number of aromatic nitrogens is 1. The fourth-order valence-corrected chi connectivity index (χ4v) is 2.93. The number of rotatable bonds is 1. The Morgan fingerprint density at radius 3 is 3.06 bits per heavy atom. The molecule has 1 aliphatic heterocycles. The Hall–Kier alpha value is -1.46. The highest BCUT2D eigenvalue weighted by Crippen LogP contribution is 2.41. The topological polar surface area (TPSA) is 42.4 Å². The molecule has 1 unspecified atom stereocenters. The van der Waals surface area contributed by atoms with Gasteiger partial charge in [-0.3, -0.25) is 0 Å². The molecule has 0 saturated carbocycles. The summed E-state index contributed by atoms with van der Waals surface area (Å²) in [5.74, 6) is 0.174. The van der Waals surface area contributed by atoms with E-state index in [1.165, 1.54) is 23.5 Å². The molecule has 1 aromatic carbocycles. The van der Waals surface area contributed by atoms with E-state index in [0.29, 0.717) is 17.7 Å². The molecule has 0 amide bonds. The van der Waals surface area contributed by atoms with Gasteiger partial charge in [0.05, 0.1) is 6.10 Å². The molecule has 2 heterocycles. The molecule has 0 bridgehead atoms.